The molecule has 0 radical (unpaired) electrons. The molecule has 1 fully saturated rings. The van der Waals surface area contributed by atoms with Gasteiger partial charge in [-0.15, -0.1) is 0 Å². The maximum absolute atomic E-state index is 12.5. The van der Waals surface area contributed by atoms with E-state index in [-0.39, 0.29) is 12.5 Å². The van der Waals surface area contributed by atoms with Crippen molar-refractivity contribution in [2.75, 3.05) is 55.7 Å². The SMILES string of the molecule is CC(C)CCN1C(=O)CCc2c(OCC(O)CN3CCN(c4ccccc4)CC3)cccc21. The second-order valence-corrected chi connectivity index (χ2v) is 9.57. The summed E-state index contributed by atoms with van der Waals surface area (Å²) in [4.78, 5) is 19.1. The van der Waals surface area contributed by atoms with Gasteiger partial charge in [-0.1, -0.05) is 38.1 Å². The van der Waals surface area contributed by atoms with Crippen LogP contribution in [0.3, 0.4) is 0 Å². The van der Waals surface area contributed by atoms with Gasteiger partial charge in [-0.05, 0) is 43.0 Å². The monoisotopic (exact) mass is 451 g/mol. The Kier molecular flexibility index (Phi) is 7.89. The summed E-state index contributed by atoms with van der Waals surface area (Å²) in [5.74, 6) is 1.53. The van der Waals surface area contributed by atoms with Crippen LogP contribution in [0, 0.1) is 5.92 Å². The largest absolute Gasteiger partial charge is 0.490 e. The Bertz CT molecular complexity index is 910. The van der Waals surface area contributed by atoms with Gasteiger partial charge in [0.1, 0.15) is 18.5 Å². The van der Waals surface area contributed by atoms with Gasteiger partial charge in [-0.3, -0.25) is 9.69 Å². The number of nitrogens with zero attached hydrogens (tertiary/aromatic N) is 3. The Balaban J connectivity index is 1.29. The topological polar surface area (TPSA) is 56.3 Å². The molecule has 1 unspecified atom stereocenters. The summed E-state index contributed by atoms with van der Waals surface area (Å²) in [6.07, 6.45) is 1.64. The summed E-state index contributed by atoms with van der Waals surface area (Å²) in [5, 5.41) is 10.6. The number of hydrogen-bond acceptors (Lipinski definition) is 5. The van der Waals surface area contributed by atoms with Crippen molar-refractivity contribution in [3.63, 3.8) is 0 Å². The molecule has 178 valence electrons. The second kappa shape index (κ2) is 11.0. The van der Waals surface area contributed by atoms with Gasteiger partial charge in [0.25, 0.3) is 0 Å². The van der Waals surface area contributed by atoms with Gasteiger partial charge in [0.2, 0.25) is 5.91 Å². The molecule has 2 aromatic carbocycles. The number of ether oxygens (including phenoxy) is 1. The van der Waals surface area contributed by atoms with Crippen LogP contribution in [-0.2, 0) is 11.2 Å². The molecule has 33 heavy (non-hydrogen) atoms. The molecule has 6 nitrogen and oxygen atoms in total. The second-order valence-electron chi connectivity index (χ2n) is 9.57. The fourth-order valence-electron chi connectivity index (χ4n) is 4.69. The molecule has 0 spiro atoms. The van der Waals surface area contributed by atoms with Crippen molar-refractivity contribution in [1.82, 2.24) is 4.90 Å². The fraction of sp³-hybridized carbons (Fsp3) is 0.519. The smallest absolute Gasteiger partial charge is 0.227 e. The first-order valence-corrected chi connectivity index (χ1v) is 12.3. The van der Waals surface area contributed by atoms with Crippen LogP contribution in [0.4, 0.5) is 11.4 Å². The van der Waals surface area contributed by atoms with Crippen molar-refractivity contribution < 1.29 is 14.6 Å². The minimum atomic E-state index is -0.550. The molecule has 4 rings (SSSR count). The third kappa shape index (κ3) is 6.06. The van der Waals surface area contributed by atoms with E-state index in [9.17, 15) is 9.90 Å². The van der Waals surface area contributed by atoms with Crippen molar-refractivity contribution in [2.45, 2.75) is 39.2 Å². The summed E-state index contributed by atoms with van der Waals surface area (Å²) >= 11 is 0. The summed E-state index contributed by atoms with van der Waals surface area (Å²) in [6.45, 7) is 9.75. The lowest BCUT2D eigenvalue weighted by Crippen LogP contribution is -2.49. The van der Waals surface area contributed by atoms with Crippen molar-refractivity contribution in [3.05, 3.63) is 54.1 Å². The normalized spacial score (nSPS) is 17.9. The summed E-state index contributed by atoms with van der Waals surface area (Å²) in [6, 6.07) is 16.4. The molecule has 2 heterocycles. The maximum atomic E-state index is 12.5. The van der Waals surface area contributed by atoms with E-state index in [2.05, 4.69) is 47.9 Å². The van der Waals surface area contributed by atoms with Crippen LogP contribution in [0.2, 0.25) is 0 Å². The van der Waals surface area contributed by atoms with Crippen LogP contribution >= 0.6 is 0 Å². The molecule has 6 heteroatoms. The molecule has 2 aromatic rings. The van der Waals surface area contributed by atoms with Crippen molar-refractivity contribution in [3.8, 4) is 5.75 Å². The number of para-hydroxylation sites is 1. The zero-order valence-corrected chi connectivity index (χ0v) is 19.9. The minimum absolute atomic E-state index is 0.190. The predicted molar refractivity (Wildman–Crippen MR) is 133 cm³/mol. The van der Waals surface area contributed by atoms with Gasteiger partial charge in [0.05, 0.1) is 5.69 Å². The van der Waals surface area contributed by atoms with Gasteiger partial charge < -0.3 is 19.6 Å². The number of aliphatic hydroxyl groups is 1. The highest BCUT2D eigenvalue weighted by Crippen LogP contribution is 2.35. The average molecular weight is 452 g/mol. The lowest BCUT2D eigenvalue weighted by Gasteiger charge is -2.37. The molecular weight excluding hydrogens is 414 g/mol. The standard InChI is InChI=1S/C27H37N3O3/c1-21(2)13-14-30-25-9-6-10-26(24(25)11-12-27(30)32)33-20-23(31)19-28-15-17-29(18-16-28)22-7-4-3-5-8-22/h3-10,21,23,31H,11-20H2,1-2H3. The van der Waals surface area contributed by atoms with Crippen LogP contribution in [-0.4, -0.2) is 67.9 Å². The highest BCUT2D eigenvalue weighted by molar-refractivity contribution is 5.96. The van der Waals surface area contributed by atoms with Gasteiger partial charge in [-0.2, -0.15) is 0 Å². The number of benzene rings is 2. The van der Waals surface area contributed by atoms with Crippen molar-refractivity contribution in [1.29, 1.82) is 0 Å². The quantitative estimate of drug-likeness (QED) is 0.632. The number of aliphatic hydroxyl groups excluding tert-OH is 1. The maximum Gasteiger partial charge on any atom is 0.227 e. The van der Waals surface area contributed by atoms with E-state index >= 15 is 0 Å². The number of carbonyl (C=O) groups excluding carboxylic acids is 1. The molecular formula is C27H37N3O3. The zero-order chi connectivity index (χ0) is 23.2. The van der Waals surface area contributed by atoms with Crippen LogP contribution in [0.15, 0.2) is 48.5 Å². The number of rotatable bonds is 9. The number of amides is 1. The Hall–Kier alpha value is -2.57. The first kappa shape index (κ1) is 23.6. The lowest BCUT2D eigenvalue weighted by atomic mass is 9.99. The Morgan fingerprint density at radius 3 is 2.45 bits per heavy atom. The lowest BCUT2D eigenvalue weighted by molar-refractivity contribution is -0.118. The number of hydrogen-bond donors (Lipinski definition) is 1. The molecule has 1 saturated heterocycles. The Morgan fingerprint density at radius 2 is 1.73 bits per heavy atom. The minimum Gasteiger partial charge on any atom is -0.490 e. The molecule has 0 saturated carbocycles. The number of β-amino-alcohol motifs (C(OH)–C–C–N with tert-alkyl or cyclic N) is 1. The molecule has 2 aliphatic rings. The van der Waals surface area contributed by atoms with Crippen LogP contribution in [0.1, 0.15) is 32.3 Å². The zero-order valence-electron chi connectivity index (χ0n) is 19.9. The van der Waals surface area contributed by atoms with E-state index in [1.807, 2.05) is 29.2 Å². The van der Waals surface area contributed by atoms with E-state index < -0.39 is 6.10 Å². The molecule has 1 amide bonds. The van der Waals surface area contributed by atoms with E-state index in [4.69, 9.17) is 4.74 Å². The predicted octanol–water partition coefficient (Wildman–Crippen LogP) is 3.57. The van der Waals surface area contributed by atoms with Crippen LogP contribution < -0.4 is 14.5 Å². The first-order valence-electron chi connectivity index (χ1n) is 12.3. The van der Waals surface area contributed by atoms with Crippen LogP contribution in [0.5, 0.6) is 5.75 Å². The fourth-order valence-corrected chi connectivity index (χ4v) is 4.69. The summed E-state index contributed by atoms with van der Waals surface area (Å²) < 4.78 is 6.08. The van der Waals surface area contributed by atoms with Gasteiger partial charge in [-0.25, -0.2) is 0 Å². The molecule has 0 aliphatic carbocycles. The molecule has 0 bridgehead atoms. The third-order valence-electron chi connectivity index (χ3n) is 6.61. The molecule has 1 atom stereocenters. The van der Waals surface area contributed by atoms with E-state index in [1.54, 1.807) is 0 Å². The van der Waals surface area contributed by atoms with E-state index in [0.717, 1.165) is 56.1 Å². The van der Waals surface area contributed by atoms with Gasteiger partial charge >= 0.3 is 0 Å². The van der Waals surface area contributed by atoms with Gasteiger partial charge in [0.15, 0.2) is 0 Å². The summed E-state index contributed by atoms with van der Waals surface area (Å²) in [7, 11) is 0. The third-order valence-corrected chi connectivity index (χ3v) is 6.61. The van der Waals surface area contributed by atoms with Gasteiger partial charge in [0, 0.05) is 56.9 Å². The molecule has 1 N–H and O–H groups in total. The first-order chi connectivity index (χ1) is 16.0. The Morgan fingerprint density at radius 1 is 0.970 bits per heavy atom. The molecule has 2 aliphatic heterocycles. The Labute approximate surface area is 197 Å². The average Bonchev–Trinajstić information content (AvgIpc) is 2.83. The number of carbonyl (C=O) groups is 1. The van der Waals surface area contributed by atoms with E-state index in [1.165, 1.54) is 5.69 Å². The highest BCUT2D eigenvalue weighted by atomic mass is 16.5. The summed E-state index contributed by atoms with van der Waals surface area (Å²) in [5.41, 5.74) is 3.32. The highest BCUT2D eigenvalue weighted by Gasteiger charge is 2.27. The number of fused-ring (bicyclic) bond motifs is 1. The van der Waals surface area contributed by atoms with E-state index in [0.29, 0.717) is 25.3 Å². The van der Waals surface area contributed by atoms with Crippen molar-refractivity contribution in [2.24, 2.45) is 5.92 Å². The van der Waals surface area contributed by atoms with Crippen LogP contribution in [0.25, 0.3) is 0 Å². The number of piperazine rings is 1. The molecule has 0 aromatic heterocycles. The number of anilines is 2. The van der Waals surface area contributed by atoms with Crippen molar-refractivity contribution >= 4 is 17.3 Å².